The summed E-state index contributed by atoms with van der Waals surface area (Å²) in [5.41, 5.74) is 1.69. The van der Waals surface area contributed by atoms with E-state index in [1.807, 2.05) is 22.8 Å². The van der Waals surface area contributed by atoms with E-state index in [9.17, 15) is 19.5 Å². The Bertz CT molecular complexity index is 1970. The summed E-state index contributed by atoms with van der Waals surface area (Å²) in [4.78, 5) is 40.4. The molecular weight excluding hydrogens is 564 g/mol. The minimum absolute atomic E-state index is 0.0182. The molecule has 2 atom stereocenters. The summed E-state index contributed by atoms with van der Waals surface area (Å²) in [6, 6.07) is 17.0. The molecule has 8 nitrogen and oxygen atoms in total. The van der Waals surface area contributed by atoms with Crippen LogP contribution in [-0.4, -0.2) is 27.7 Å². The van der Waals surface area contributed by atoms with Crippen molar-refractivity contribution < 1.29 is 13.9 Å². The summed E-state index contributed by atoms with van der Waals surface area (Å²) in [7, 11) is 0. The molecule has 3 aromatic heterocycles. The molecular formula is C30H23BrN2O6. The first-order valence-electron chi connectivity index (χ1n) is 12.8. The summed E-state index contributed by atoms with van der Waals surface area (Å²) in [5.74, 6) is 0.523. The van der Waals surface area contributed by atoms with Crippen molar-refractivity contribution in [2.75, 3.05) is 13.1 Å². The Morgan fingerprint density at radius 1 is 0.923 bits per heavy atom. The highest BCUT2D eigenvalue weighted by Gasteiger charge is 2.35. The van der Waals surface area contributed by atoms with Crippen molar-refractivity contribution in [2.45, 2.75) is 25.4 Å². The second-order valence-electron chi connectivity index (χ2n) is 10.4. The molecule has 9 heteroatoms. The van der Waals surface area contributed by atoms with Crippen LogP contribution in [0.3, 0.4) is 0 Å². The van der Waals surface area contributed by atoms with Crippen molar-refractivity contribution in [1.29, 1.82) is 0 Å². The van der Waals surface area contributed by atoms with E-state index in [0.29, 0.717) is 53.0 Å². The van der Waals surface area contributed by atoms with Gasteiger partial charge in [-0.05, 0) is 54.8 Å². The number of aromatic nitrogens is 1. The standard InChI is InChI=1S/C30H23BrN2O6/c31-19-4-7-26-17(9-19)10-22(30(37)38-26)21-11-28(36)39-29-20(21)5-6-25(34)23(29)15-32-12-16-8-18(14-32)24-2-1-3-27(35)33(24)13-16/h1-7,9-11,16,18,34H,8,12-15H2/t16-,18+/m1/s1. The average molecular weight is 587 g/mol. The van der Waals surface area contributed by atoms with Crippen molar-refractivity contribution in [3.05, 3.63) is 108 Å². The fourth-order valence-corrected chi connectivity index (χ4v) is 6.66. The smallest absolute Gasteiger partial charge is 0.344 e. The van der Waals surface area contributed by atoms with E-state index in [0.717, 1.165) is 23.1 Å². The van der Waals surface area contributed by atoms with E-state index in [4.69, 9.17) is 8.83 Å². The molecule has 5 aromatic rings. The number of benzene rings is 2. The van der Waals surface area contributed by atoms with Crippen LogP contribution in [0.4, 0.5) is 0 Å². The number of hydrogen-bond acceptors (Lipinski definition) is 7. The van der Waals surface area contributed by atoms with Gasteiger partial charge in [0.1, 0.15) is 16.9 Å². The molecule has 0 spiro atoms. The fraction of sp³-hybridized carbons (Fsp3) is 0.233. The molecule has 2 aliphatic rings. The molecule has 196 valence electrons. The Hall–Kier alpha value is -3.95. The largest absolute Gasteiger partial charge is 0.507 e. The molecule has 1 N–H and O–H groups in total. The summed E-state index contributed by atoms with van der Waals surface area (Å²) >= 11 is 3.44. The maximum Gasteiger partial charge on any atom is 0.344 e. The van der Waals surface area contributed by atoms with Crippen LogP contribution in [0.5, 0.6) is 5.75 Å². The molecule has 2 aliphatic heterocycles. The minimum atomic E-state index is -0.623. The van der Waals surface area contributed by atoms with Crippen molar-refractivity contribution in [3.8, 4) is 16.9 Å². The van der Waals surface area contributed by atoms with Gasteiger partial charge in [-0.2, -0.15) is 0 Å². The highest BCUT2D eigenvalue weighted by Crippen LogP contribution is 2.38. The lowest BCUT2D eigenvalue weighted by molar-refractivity contribution is 0.113. The van der Waals surface area contributed by atoms with Crippen molar-refractivity contribution in [2.24, 2.45) is 5.92 Å². The summed E-state index contributed by atoms with van der Waals surface area (Å²) in [5, 5.41) is 12.1. The highest BCUT2D eigenvalue weighted by molar-refractivity contribution is 9.10. The maximum atomic E-state index is 13.0. The molecule has 0 unspecified atom stereocenters. The first kappa shape index (κ1) is 24.1. The third-order valence-electron chi connectivity index (χ3n) is 7.91. The van der Waals surface area contributed by atoms with Crippen LogP contribution in [0, 0.1) is 5.92 Å². The number of phenols is 1. The molecule has 2 bridgehead atoms. The Morgan fingerprint density at radius 2 is 1.79 bits per heavy atom. The summed E-state index contributed by atoms with van der Waals surface area (Å²) < 4.78 is 13.9. The van der Waals surface area contributed by atoms with Gasteiger partial charge in [-0.15, -0.1) is 0 Å². The first-order valence-corrected chi connectivity index (χ1v) is 13.6. The fourth-order valence-electron chi connectivity index (χ4n) is 6.28. The topological polar surface area (TPSA) is 106 Å². The van der Waals surface area contributed by atoms with E-state index < -0.39 is 11.3 Å². The van der Waals surface area contributed by atoms with Gasteiger partial charge in [-0.1, -0.05) is 22.0 Å². The number of hydrogen-bond donors (Lipinski definition) is 1. The minimum Gasteiger partial charge on any atom is -0.507 e. The lowest BCUT2D eigenvalue weighted by Crippen LogP contribution is -2.46. The molecule has 0 amide bonds. The van der Waals surface area contributed by atoms with Crippen molar-refractivity contribution >= 4 is 37.9 Å². The third-order valence-corrected chi connectivity index (χ3v) is 8.41. The Morgan fingerprint density at radius 3 is 2.67 bits per heavy atom. The van der Waals surface area contributed by atoms with Crippen LogP contribution in [0.1, 0.15) is 23.6 Å². The van der Waals surface area contributed by atoms with Gasteiger partial charge >= 0.3 is 11.3 Å². The predicted octanol–water partition coefficient (Wildman–Crippen LogP) is 4.82. The van der Waals surface area contributed by atoms with Gasteiger partial charge < -0.3 is 18.5 Å². The molecule has 7 rings (SSSR count). The number of phenolic OH excluding ortho intramolecular Hbond substituents is 1. The van der Waals surface area contributed by atoms with E-state index in [2.05, 4.69) is 20.8 Å². The van der Waals surface area contributed by atoms with Crippen LogP contribution in [-0.2, 0) is 13.1 Å². The first-order chi connectivity index (χ1) is 18.8. The lowest BCUT2D eigenvalue weighted by Gasteiger charge is -2.42. The zero-order chi connectivity index (χ0) is 26.8. The van der Waals surface area contributed by atoms with E-state index in [-0.39, 0.29) is 28.4 Å². The van der Waals surface area contributed by atoms with Gasteiger partial charge in [0.25, 0.3) is 5.56 Å². The molecule has 0 saturated carbocycles. The number of pyridine rings is 1. The molecule has 0 radical (unpaired) electrons. The van der Waals surface area contributed by atoms with Gasteiger partial charge in [0.05, 0.1) is 11.1 Å². The number of fused-ring (bicyclic) bond motifs is 6. The van der Waals surface area contributed by atoms with E-state index in [1.165, 1.54) is 6.07 Å². The zero-order valence-corrected chi connectivity index (χ0v) is 22.3. The van der Waals surface area contributed by atoms with E-state index >= 15 is 0 Å². The number of aromatic hydroxyl groups is 1. The zero-order valence-electron chi connectivity index (χ0n) is 20.7. The normalized spacial score (nSPS) is 18.9. The highest BCUT2D eigenvalue weighted by atomic mass is 79.9. The molecule has 1 fully saturated rings. The Kier molecular flexibility index (Phi) is 5.61. The lowest BCUT2D eigenvalue weighted by atomic mass is 9.83. The monoisotopic (exact) mass is 586 g/mol. The van der Waals surface area contributed by atoms with Crippen LogP contribution in [0.25, 0.3) is 33.1 Å². The third kappa shape index (κ3) is 4.13. The van der Waals surface area contributed by atoms with Gasteiger partial charge in [0, 0.05) is 70.7 Å². The van der Waals surface area contributed by atoms with Gasteiger partial charge in [0.15, 0.2) is 0 Å². The van der Waals surface area contributed by atoms with Gasteiger partial charge in [-0.25, -0.2) is 9.59 Å². The predicted molar refractivity (Wildman–Crippen MR) is 150 cm³/mol. The van der Waals surface area contributed by atoms with E-state index in [1.54, 1.807) is 36.4 Å². The number of rotatable bonds is 3. The SMILES string of the molecule is O=c1cc(-c2cc3cc(Br)ccc3oc2=O)c2ccc(O)c(CN3C[C@H]4C[C@@H](C3)c3cccc(=O)n3C4)c2o1. The number of piperidine rings is 1. The Labute approximate surface area is 229 Å². The van der Waals surface area contributed by atoms with Crippen LogP contribution < -0.4 is 16.8 Å². The van der Waals surface area contributed by atoms with Crippen molar-refractivity contribution in [3.63, 3.8) is 0 Å². The molecule has 1 saturated heterocycles. The molecule has 39 heavy (non-hydrogen) atoms. The quantitative estimate of drug-likeness (QED) is 0.302. The van der Waals surface area contributed by atoms with Crippen LogP contribution in [0.2, 0.25) is 0 Å². The number of halogens is 1. The second kappa shape index (κ2) is 9.07. The van der Waals surface area contributed by atoms with Crippen LogP contribution in [0.15, 0.2) is 88.4 Å². The van der Waals surface area contributed by atoms with Gasteiger partial charge in [-0.3, -0.25) is 9.69 Å². The summed E-state index contributed by atoms with van der Waals surface area (Å²) in [6.07, 6.45) is 1.01. The average Bonchev–Trinajstić information content (AvgIpc) is 2.90. The van der Waals surface area contributed by atoms with Gasteiger partial charge in [0.2, 0.25) is 0 Å². The molecule has 2 aromatic carbocycles. The van der Waals surface area contributed by atoms with Crippen LogP contribution >= 0.6 is 15.9 Å². The summed E-state index contributed by atoms with van der Waals surface area (Å²) in [6.45, 7) is 2.48. The molecule has 0 aliphatic carbocycles. The number of nitrogens with zero attached hydrogens (tertiary/aromatic N) is 2. The maximum absolute atomic E-state index is 13.0. The van der Waals surface area contributed by atoms with Crippen molar-refractivity contribution in [1.82, 2.24) is 9.47 Å². The number of likely N-dealkylation sites (tertiary alicyclic amines) is 1. The molecule has 5 heterocycles. The second-order valence-corrected chi connectivity index (χ2v) is 11.4. The Balaban J connectivity index is 1.31.